The van der Waals surface area contributed by atoms with Crippen molar-refractivity contribution in [2.45, 2.75) is 46.2 Å². The molecule has 0 aliphatic rings. The Labute approximate surface area is 165 Å². The van der Waals surface area contributed by atoms with E-state index in [1.807, 2.05) is 45.0 Å². The first-order valence-electron chi connectivity index (χ1n) is 8.68. The summed E-state index contributed by atoms with van der Waals surface area (Å²) in [5, 5.41) is 7.61. The monoisotopic (exact) mass is 431 g/mol. The average molecular weight is 432 g/mol. The minimum Gasteiger partial charge on any atom is -0.326 e. The molecule has 0 saturated carbocycles. The molecule has 0 aliphatic carbocycles. The van der Waals surface area contributed by atoms with Gasteiger partial charge in [-0.2, -0.15) is 5.10 Å². The van der Waals surface area contributed by atoms with Crippen LogP contribution in [0.4, 0.5) is 5.69 Å². The largest absolute Gasteiger partial charge is 0.326 e. The second kappa shape index (κ2) is 7.26. The summed E-state index contributed by atoms with van der Waals surface area (Å²) >= 11 is 3.36. The number of aryl methyl sites for hydroxylation is 1. The van der Waals surface area contributed by atoms with Gasteiger partial charge in [0.05, 0.1) is 11.7 Å². The molecule has 0 spiro atoms. The highest BCUT2D eigenvalue weighted by Gasteiger charge is 2.21. The molecule has 2 heterocycles. The third-order valence-corrected chi connectivity index (χ3v) is 4.73. The summed E-state index contributed by atoms with van der Waals surface area (Å²) in [6.45, 7) is 8.06. The van der Waals surface area contributed by atoms with Crippen molar-refractivity contribution < 1.29 is 4.79 Å². The topological polar surface area (TPSA) is 81.8 Å². The highest BCUT2D eigenvalue weighted by atomic mass is 79.9. The van der Waals surface area contributed by atoms with E-state index in [1.54, 1.807) is 17.8 Å². The number of nitrogens with one attached hydrogen (secondary N) is 1. The highest BCUT2D eigenvalue weighted by molar-refractivity contribution is 9.10. The first-order valence-corrected chi connectivity index (χ1v) is 9.47. The Balaban J connectivity index is 1.80. The van der Waals surface area contributed by atoms with Crippen LogP contribution in [-0.4, -0.2) is 25.2 Å². The van der Waals surface area contributed by atoms with Crippen LogP contribution in [0.25, 0.3) is 11.0 Å². The summed E-state index contributed by atoms with van der Waals surface area (Å²) in [5.74, 6) is 0.407. The van der Waals surface area contributed by atoms with Gasteiger partial charge in [-0.25, -0.2) is 9.67 Å². The molecule has 7 nitrogen and oxygen atoms in total. The zero-order valence-corrected chi connectivity index (χ0v) is 17.4. The minimum atomic E-state index is -0.273. The molecule has 1 aromatic carbocycles. The van der Waals surface area contributed by atoms with Crippen LogP contribution in [0.5, 0.6) is 0 Å². The Hall–Kier alpha value is -2.48. The molecule has 1 amide bonds. The fourth-order valence-corrected chi connectivity index (χ4v) is 3.10. The number of aromatic nitrogens is 4. The zero-order chi connectivity index (χ0) is 19.8. The van der Waals surface area contributed by atoms with Crippen LogP contribution in [0.15, 0.2) is 39.7 Å². The molecule has 0 radical (unpaired) electrons. The van der Waals surface area contributed by atoms with E-state index in [4.69, 9.17) is 0 Å². The number of fused-ring (bicyclic) bond motifs is 1. The third-order valence-electron chi connectivity index (χ3n) is 4.20. The summed E-state index contributed by atoms with van der Waals surface area (Å²) in [7, 11) is 0. The van der Waals surface area contributed by atoms with Gasteiger partial charge in [0.15, 0.2) is 5.65 Å². The normalized spacial score (nSPS) is 11.7. The van der Waals surface area contributed by atoms with Crippen LogP contribution in [0.3, 0.4) is 0 Å². The van der Waals surface area contributed by atoms with Crippen LogP contribution in [-0.2, 0) is 16.9 Å². The van der Waals surface area contributed by atoms with Crippen LogP contribution < -0.4 is 10.9 Å². The van der Waals surface area contributed by atoms with Gasteiger partial charge in [-0.15, -0.1) is 0 Å². The molecule has 2 aromatic heterocycles. The van der Waals surface area contributed by atoms with Crippen molar-refractivity contribution in [2.24, 2.45) is 0 Å². The smallest absolute Gasteiger partial charge is 0.264 e. The Kier molecular flexibility index (Phi) is 5.19. The van der Waals surface area contributed by atoms with Crippen molar-refractivity contribution >= 4 is 38.6 Å². The van der Waals surface area contributed by atoms with E-state index < -0.39 is 0 Å². The first-order chi connectivity index (χ1) is 12.7. The number of carbonyl (C=O) groups is 1. The maximum absolute atomic E-state index is 12.8. The second-order valence-corrected chi connectivity index (χ2v) is 8.30. The van der Waals surface area contributed by atoms with E-state index in [0.29, 0.717) is 22.5 Å². The molecule has 0 saturated heterocycles. The van der Waals surface area contributed by atoms with Crippen LogP contribution >= 0.6 is 15.9 Å². The van der Waals surface area contributed by atoms with E-state index in [9.17, 15) is 9.59 Å². The number of anilines is 1. The lowest BCUT2D eigenvalue weighted by Gasteiger charge is -2.20. The molecular formula is C19H22BrN5O2. The Morgan fingerprint density at radius 1 is 1.22 bits per heavy atom. The summed E-state index contributed by atoms with van der Waals surface area (Å²) in [5.41, 5.74) is 0.835. The van der Waals surface area contributed by atoms with Gasteiger partial charge < -0.3 is 5.32 Å². The number of halogens is 1. The Bertz CT molecular complexity index is 1040. The number of benzene rings is 1. The third kappa shape index (κ3) is 4.10. The molecule has 142 valence electrons. The predicted octanol–water partition coefficient (Wildman–Crippen LogP) is 3.45. The summed E-state index contributed by atoms with van der Waals surface area (Å²) in [4.78, 5) is 29.6. The Morgan fingerprint density at radius 2 is 1.89 bits per heavy atom. The Morgan fingerprint density at radius 3 is 2.52 bits per heavy atom. The van der Waals surface area contributed by atoms with Crippen molar-refractivity contribution in [3.8, 4) is 0 Å². The number of hydrogen-bond acceptors (Lipinski definition) is 4. The van der Waals surface area contributed by atoms with Crippen molar-refractivity contribution in [3.63, 3.8) is 0 Å². The molecule has 1 N–H and O–H groups in total. The van der Waals surface area contributed by atoms with Gasteiger partial charge in [0.2, 0.25) is 5.91 Å². The van der Waals surface area contributed by atoms with E-state index >= 15 is 0 Å². The van der Waals surface area contributed by atoms with Crippen molar-refractivity contribution in [1.29, 1.82) is 0 Å². The van der Waals surface area contributed by atoms with E-state index in [0.717, 1.165) is 4.47 Å². The van der Waals surface area contributed by atoms with Gasteiger partial charge in [-0.3, -0.25) is 14.2 Å². The molecule has 8 heteroatoms. The van der Waals surface area contributed by atoms with Crippen LogP contribution in [0.1, 0.15) is 33.0 Å². The fourth-order valence-electron chi connectivity index (χ4n) is 2.83. The number of nitrogens with zero attached hydrogens (tertiary/aromatic N) is 4. The van der Waals surface area contributed by atoms with Gasteiger partial charge >= 0.3 is 0 Å². The molecule has 0 fully saturated rings. The maximum Gasteiger partial charge on any atom is 0.264 e. The first kappa shape index (κ1) is 19.3. The minimum absolute atomic E-state index is 0.158. The molecule has 0 bridgehead atoms. The van der Waals surface area contributed by atoms with E-state index in [2.05, 4.69) is 31.3 Å². The zero-order valence-electron chi connectivity index (χ0n) is 15.8. The van der Waals surface area contributed by atoms with Crippen LogP contribution in [0.2, 0.25) is 0 Å². The van der Waals surface area contributed by atoms with Gasteiger partial charge in [-0.05, 0) is 52.0 Å². The molecule has 0 atom stereocenters. The van der Waals surface area contributed by atoms with Crippen LogP contribution in [0, 0.1) is 6.92 Å². The molecule has 3 aromatic rings. The van der Waals surface area contributed by atoms with Gasteiger partial charge in [0.25, 0.3) is 5.56 Å². The lowest BCUT2D eigenvalue weighted by atomic mass is 10.1. The number of carbonyl (C=O) groups excluding carboxylic acids is 1. The number of hydrogen-bond donors (Lipinski definition) is 1. The van der Waals surface area contributed by atoms with Crippen molar-refractivity contribution in [3.05, 3.63) is 51.1 Å². The summed E-state index contributed by atoms with van der Waals surface area (Å²) < 4.78 is 4.22. The molecule has 0 unspecified atom stereocenters. The standard InChI is InChI=1S/C19H22BrN5O2/c1-12-22-17-15(11-21-25(17)19(2,3)4)18(27)24(12)10-9-16(26)23-14-7-5-13(20)6-8-14/h5-8,11H,9-10H2,1-4H3,(H,23,26). The average Bonchev–Trinajstić information content (AvgIpc) is 3.01. The lowest BCUT2D eigenvalue weighted by Crippen LogP contribution is -2.28. The van der Waals surface area contributed by atoms with Crippen molar-refractivity contribution in [1.82, 2.24) is 19.3 Å². The highest BCUT2D eigenvalue weighted by Crippen LogP contribution is 2.18. The van der Waals surface area contributed by atoms with Gasteiger partial charge in [-0.1, -0.05) is 15.9 Å². The van der Waals surface area contributed by atoms with E-state index in [-0.39, 0.29) is 30.0 Å². The van der Waals surface area contributed by atoms with E-state index in [1.165, 1.54) is 4.57 Å². The molecule has 0 aliphatic heterocycles. The number of amides is 1. The quantitative estimate of drug-likeness (QED) is 0.685. The maximum atomic E-state index is 12.8. The van der Waals surface area contributed by atoms with Gasteiger partial charge in [0.1, 0.15) is 11.2 Å². The lowest BCUT2D eigenvalue weighted by molar-refractivity contribution is -0.116. The second-order valence-electron chi connectivity index (χ2n) is 7.39. The summed E-state index contributed by atoms with van der Waals surface area (Å²) in [6, 6.07) is 7.34. The number of rotatable bonds is 4. The van der Waals surface area contributed by atoms with Gasteiger partial charge in [0, 0.05) is 23.1 Å². The molecule has 27 heavy (non-hydrogen) atoms. The summed E-state index contributed by atoms with van der Waals surface area (Å²) in [6.07, 6.45) is 1.73. The van der Waals surface area contributed by atoms with Crippen molar-refractivity contribution in [2.75, 3.05) is 5.32 Å². The molecular weight excluding hydrogens is 410 g/mol. The molecule has 3 rings (SSSR count). The SMILES string of the molecule is Cc1nc2c(cnn2C(C)(C)C)c(=O)n1CCC(=O)Nc1ccc(Br)cc1. The predicted molar refractivity (Wildman–Crippen MR) is 109 cm³/mol. The fraction of sp³-hybridized carbons (Fsp3) is 0.368.